The number of rotatable bonds is 5. The third kappa shape index (κ3) is 4.04. The van der Waals surface area contributed by atoms with E-state index in [0.29, 0.717) is 16.9 Å². The van der Waals surface area contributed by atoms with Crippen molar-refractivity contribution in [1.82, 2.24) is 0 Å². The van der Waals surface area contributed by atoms with Crippen LogP contribution in [0, 0.1) is 5.82 Å². The van der Waals surface area contributed by atoms with E-state index in [2.05, 4.69) is 5.32 Å². The van der Waals surface area contributed by atoms with Gasteiger partial charge in [0.1, 0.15) is 5.82 Å². The molecule has 0 aliphatic heterocycles. The Morgan fingerprint density at radius 3 is 2.24 bits per heavy atom. The van der Waals surface area contributed by atoms with Crippen molar-refractivity contribution >= 4 is 23.3 Å². The predicted molar refractivity (Wildman–Crippen MR) is 74.4 cm³/mol. The number of aliphatic carboxylic acids is 1. The van der Waals surface area contributed by atoms with Crippen LogP contribution in [0.1, 0.15) is 15.9 Å². The first-order valence-electron chi connectivity index (χ1n) is 6.05. The molecule has 108 valence electrons. The molecule has 3 N–H and O–H groups in total. The van der Waals surface area contributed by atoms with Crippen LogP contribution in [0.4, 0.5) is 15.8 Å². The molecular formula is C15H12FNO4. The first kappa shape index (κ1) is 14.5. The fourth-order valence-electron chi connectivity index (χ4n) is 1.83. The van der Waals surface area contributed by atoms with Gasteiger partial charge in [0.2, 0.25) is 0 Å². The van der Waals surface area contributed by atoms with E-state index in [9.17, 15) is 14.0 Å². The summed E-state index contributed by atoms with van der Waals surface area (Å²) < 4.78 is 13.3. The molecule has 2 aromatic rings. The van der Waals surface area contributed by atoms with Gasteiger partial charge in [0.05, 0.1) is 12.0 Å². The topological polar surface area (TPSA) is 86.6 Å². The van der Waals surface area contributed by atoms with Crippen LogP contribution in [0.5, 0.6) is 0 Å². The van der Waals surface area contributed by atoms with E-state index in [-0.39, 0.29) is 12.0 Å². The van der Waals surface area contributed by atoms with Gasteiger partial charge in [-0.25, -0.2) is 9.18 Å². The molecule has 6 heteroatoms. The number of carboxylic acid groups (broad SMARTS) is 2. The lowest BCUT2D eigenvalue weighted by atomic mass is 10.1. The Bertz CT molecular complexity index is 683. The zero-order valence-corrected chi connectivity index (χ0v) is 10.8. The number of benzene rings is 2. The van der Waals surface area contributed by atoms with Crippen LogP contribution in [-0.4, -0.2) is 22.2 Å². The molecule has 0 atom stereocenters. The molecule has 0 amide bonds. The van der Waals surface area contributed by atoms with Crippen LogP contribution in [0.3, 0.4) is 0 Å². The number of aromatic carboxylic acids is 1. The lowest BCUT2D eigenvalue weighted by Gasteiger charge is -2.08. The summed E-state index contributed by atoms with van der Waals surface area (Å²) in [6.45, 7) is 0. The summed E-state index contributed by atoms with van der Waals surface area (Å²) in [5, 5.41) is 20.4. The Balaban J connectivity index is 2.18. The average Bonchev–Trinajstić information content (AvgIpc) is 2.39. The summed E-state index contributed by atoms with van der Waals surface area (Å²) in [5.41, 5.74) is 1.39. The van der Waals surface area contributed by atoms with Crippen molar-refractivity contribution in [3.05, 3.63) is 59.4 Å². The molecule has 0 unspecified atom stereocenters. The van der Waals surface area contributed by atoms with Gasteiger partial charge >= 0.3 is 11.9 Å². The van der Waals surface area contributed by atoms with E-state index in [1.165, 1.54) is 12.1 Å². The number of carbonyl (C=O) groups is 2. The molecule has 0 radical (unpaired) electrons. The lowest BCUT2D eigenvalue weighted by Crippen LogP contribution is -2.01. The van der Waals surface area contributed by atoms with Gasteiger partial charge in [-0.15, -0.1) is 0 Å². The molecule has 0 saturated carbocycles. The molecule has 0 aromatic heterocycles. The predicted octanol–water partition coefficient (Wildman–Crippen LogP) is 2.89. The number of hydrogen-bond acceptors (Lipinski definition) is 3. The summed E-state index contributed by atoms with van der Waals surface area (Å²) in [5.74, 6) is -2.79. The number of halogens is 1. The van der Waals surface area contributed by atoms with E-state index in [0.717, 1.165) is 6.07 Å². The molecule has 0 fully saturated rings. The zero-order valence-electron chi connectivity index (χ0n) is 10.8. The summed E-state index contributed by atoms with van der Waals surface area (Å²) >= 11 is 0. The van der Waals surface area contributed by atoms with Crippen molar-refractivity contribution in [3.8, 4) is 0 Å². The highest BCUT2D eigenvalue weighted by Crippen LogP contribution is 2.20. The highest BCUT2D eigenvalue weighted by Gasteiger charge is 2.07. The van der Waals surface area contributed by atoms with Gasteiger partial charge in [-0.3, -0.25) is 4.79 Å². The molecule has 2 rings (SSSR count). The highest BCUT2D eigenvalue weighted by atomic mass is 19.1. The zero-order chi connectivity index (χ0) is 15.4. The largest absolute Gasteiger partial charge is 0.481 e. The third-order valence-electron chi connectivity index (χ3n) is 2.74. The van der Waals surface area contributed by atoms with Crippen LogP contribution >= 0.6 is 0 Å². The van der Waals surface area contributed by atoms with Crippen molar-refractivity contribution in [2.24, 2.45) is 0 Å². The average molecular weight is 289 g/mol. The summed E-state index contributed by atoms with van der Waals surface area (Å²) in [6.07, 6.45) is -0.0800. The standard InChI is InChI=1S/C15H12FNO4/c16-11-6-10(15(20)21)7-13(8-11)17-12-3-1-9(2-4-12)5-14(18)19/h1-4,6-8,17H,5H2,(H,18,19)(H,20,21). The smallest absolute Gasteiger partial charge is 0.335 e. The second-order valence-corrected chi connectivity index (χ2v) is 4.43. The Labute approximate surface area is 119 Å². The highest BCUT2D eigenvalue weighted by molar-refractivity contribution is 5.89. The van der Waals surface area contributed by atoms with E-state index in [1.54, 1.807) is 24.3 Å². The number of nitrogens with one attached hydrogen (secondary N) is 1. The third-order valence-corrected chi connectivity index (χ3v) is 2.74. The van der Waals surface area contributed by atoms with Crippen molar-refractivity contribution in [3.63, 3.8) is 0 Å². The second kappa shape index (κ2) is 6.04. The van der Waals surface area contributed by atoms with Crippen LogP contribution in [0.2, 0.25) is 0 Å². The molecule has 2 aromatic carbocycles. The Morgan fingerprint density at radius 1 is 1.00 bits per heavy atom. The molecule has 0 heterocycles. The molecule has 0 spiro atoms. The number of carboxylic acids is 2. The normalized spacial score (nSPS) is 10.1. The van der Waals surface area contributed by atoms with E-state index in [1.807, 2.05) is 0 Å². The minimum absolute atomic E-state index is 0.0800. The van der Waals surface area contributed by atoms with Gasteiger partial charge in [-0.2, -0.15) is 0 Å². The maximum absolute atomic E-state index is 13.3. The monoisotopic (exact) mass is 289 g/mol. The lowest BCUT2D eigenvalue weighted by molar-refractivity contribution is -0.136. The maximum atomic E-state index is 13.3. The molecule has 21 heavy (non-hydrogen) atoms. The fraction of sp³-hybridized carbons (Fsp3) is 0.0667. The van der Waals surface area contributed by atoms with Crippen LogP contribution < -0.4 is 5.32 Å². The molecule has 0 aliphatic carbocycles. The summed E-state index contributed by atoms with van der Waals surface area (Å²) in [7, 11) is 0. The van der Waals surface area contributed by atoms with Crippen molar-refractivity contribution in [1.29, 1.82) is 0 Å². The maximum Gasteiger partial charge on any atom is 0.335 e. The Morgan fingerprint density at radius 2 is 1.67 bits per heavy atom. The van der Waals surface area contributed by atoms with E-state index in [4.69, 9.17) is 10.2 Å². The van der Waals surface area contributed by atoms with Gasteiger partial charge in [-0.05, 0) is 35.9 Å². The van der Waals surface area contributed by atoms with Gasteiger partial charge < -0.3 is 15.5 Å². The van der Waals surface area contributed by atoms with Gasteiger partial charge in [-0.1, -0.05) is 12.1 Å². The molecular weight excluding hydrogens is 277 g/mol. The van der Waals surface area contributed by atoms with Crippen molar-refractivity contribution in [2.45, 2.75) is 6.42 Å². The molecule has 0 saturated heterocycles. The van der Waals surface area contributed by atoms with Crippen LogP contribution in [0.25, 0.3) is 0 Å². The minimum Gasteiger partial charge on any atom is -0.481 e. The Kier molecular flexibility index (Phi) is 4.18. The van der Waals surface area contributed by atoms with Crippen molar-refractivity contribution < 1.29 is 24.2 Å². The summed E-state index contributed by atoms with van der Waals surface area (Å²) in [6, 6.07) is 9.98. The van der Waals surface area contributed by atoms with Gasteiger partial charge in [0.25, 0.3) is 0 Å². The van der Waals surface area contributed by atoms with E-state index >= 15 is 0 Å². The van der Waals surface area contributed by atoms with Gasteiger partial charge in [0.15, 0.2) is 0 Å². The van der Waals surface area contributed by atoms with E-state index < -0.39 is 17.8 Å². The number of anilines is 2. The molecule has 5 nitrogen and oxygen atoms in total. The summed E-state index contributed by atoms with van der Waals surface area (Å²) in [4.78, 5) is 21.4. The van der Waals surface area contributed by atoms with Crippen LogP contribution in [-0.2, 0) is 11.2 Å². The fourth-order valence-corrected chi connectivity index (χ4v) is 1.83. The minimum atomic E-state index is -1.21. The second-order valence-electron chi connectivity index (χ2n) is 4.43. The van der Waals surface area contributed by atoms with Gasteiger partial charge in [0, 0.05) is 11.4 Å². The molecule has 0 bridgehead atoms. The Hall–Kier alpha value is -2.89. The first-order valence-corrected chi connectivity index (χ1v) is 6.05. The molecule has 0 aliphatic rings. The van der Waals surface area contributed by atoms with Crippen LogP contribution in [0.15, 0.2) is 42.5 Å². The quantitative estimate of drug-likeness (QED) is 0.788. The van der Waals surface area contributed by atoms with Crippen molar-refractivity contribution in [2.75, 3.05) is 5.32 Å². The SMILES string of the molecule is O=C(O)Cc1ccc(Nc2cc(F)cc(C(=O)O)c2)cc1. The first-order chi connectivity index (χ1) is 9.94. The number of hydrogen-bond donors (Lipinski definition) is 3.